The normalized spacial score (nSPS) is 17.9. The van der Waals surface area contributed by atoms with Crippen molar-refractivity contribution in [1.82, 2.24) is 0 Å². The molecule has 5 heteroatoms. The van der Waals surface area contributed by atoms with E-state index in [4.69, 9.17) is 28.9 Å². The van der Waals surface area contributed by atoms with Crippen LogP contribution in [0.5, 0.6) is 0 Å². The molecule has 1 aliphatic carbocycles. The van der Waals surface area contributed by atoms with E-state index in [2.05, 4.69) is 0 Å². The van der Waals surface area contributed by atoms with Crippen LogP contribution in [0, 0.1) is 11.7 Å². The van der Waals surface area contributed by atoms with Crippen molar-refractivity contribution in [2.75, 3.05) is 0 Å². The first-order valence-electron chi connectivity index (χ1n) is 5.50. The molecule has 0 radical (unpaired) electrons. The highest BCUT2D eigenvalue weighted by molar-refractivity contribution is 6.42. The Bertz CT molecular complexity index is 392. The van der Waals surface area contributed by atoms with E-state index in [0.29, 0.717) is 16.5 Å². The fraction of sp³-hybridized carbons (Fsp3) is 0.500. The average molecular weight is 299 g/mol. The maximum atomic E-state index is 13.7. The maximum Gasteiger partial charge on any atom is 0.129 e. The van der Waals surface area contributed by atoms with Crippen molar-refractivity contribution in [3.63, 3.8) is 0 Å². The average Bonchev–Trinajstić information content (AvgIpc) is 2.77. The first-order chi connectivity index (χ1) is 7.61. The summed E-state index contributed by atoms with van der Waals surface area (Å²) in [6.45, 7) is 0. The molecule has 0 bridgehead atoms. The van der Waals surface area contributed by atoms with Crippen molar-refractivity contribution in [3.05, 3.63) is 33.6 Å². The lowest BCUT2D eigenvalue weighted by atomic mass is 9.92. The van der Waals surface area contributed by atoms with Gasteiger partial charge < -0.3 is 5.73 Å². The van der Waals surface area contributed by atoms with Crippen LogP contribution in [-0.4, -0.2) is 0 Å². The van der Waals surface area contributed by atoms with Crippen LogP contribution < -0.4 is 5.73 Å². The van der Waals surface area contributed by atoms with E-state index in [1.807, 2.05) is 0 Å². The van der Waals surface area contributed by atoms with Crippen molar-refractivity contribution in [1.29, 1.82) is 0 Å². The summed E-state index contributed by atoms with van der Waals surface area (Å²) in [5, 5.41) is 0.632. The van der Waals surface area contributed by atoms with Gasteiger partial charge in [0.15, 0.2) is 0 Å². The Morgan fingerprint density at radius 3 is 2.41 bits per heavy atom. The minimum Gasteiger partial charge on any atom is -0.324 e. The molecule has 1 aromatic carbocycles. The number of rotatable bonds is 2. The molecule has 0 aliphatic heterocycles. The van der Waals surface area contributed by atoms with E-state index >= 15 is 0 Å². The fourth-order valence-electron chi connectivity index (χ4n) is 2.40. The SMILES string of the molecule is Cl.N[C@@H](c1c(F)ccc(Cl)c1Cl)C1CCCC1. The molecule has 0 aromatic heterocycles. The van der Waals surface area contributed by atoms with Crippen LogP contribution >= 0.6 is 35.6 Å². The predicted octanol–water partition coefficient (Wildman–Crippen LogP) is 4.74. The third-order valence-electron chi connectivity index (χ3n) is 3.32. The van der Waals surface area contributed by atoms with Gasteiger partial charge >= 0.3 is 0 Å². The van der Waals surface area contributed by atoms with Gasteiger partial charge in [-0.15, -0.1) is 12.4 Å². The van der Waals surface area contributed by atoms with Gasteiger partial charge in [0.25, 0.3) is 0 Å². The standard InChI is InChI=1S/C12H14Cl2FN.ClH/c13-8-5-6-9(15)10(11(8)14)12(16)7-3-1-2-4-7;/h5-7,12H,1-4,16H2;1H/t12-;/m1./s1. The summed E-state index contributed by atoms with van der Waals surface area (Å²) in [6.07, 6.45) is 4.42. The van der Waals surface area contributed by atoms with Crippen molar-refractivity contribution in [3.8, 4) is 0 Å². The number of halogens is 4. The van der Waals surface area contributed by atoms with Crippen molar-refractivity contribution in [2.24, 2.45) is 11.7 Å². The summed E-state index contributed by atoms with van der Waals surface area (Å²) in [6, 6.07) is 2.45. The first kappa shape index (κ1) is 15.0. The minimum absolute atomic E-state index is 0. The highest BCUT2D eigenvalue weighted by Crippen LogP contribution is 2.39. The zero-order chi connectivity index (χ0) is 11.7. The van der Waals surface area contributed by atoms with Crippen LogP contribution in [0.15, 0.2) is 12.1 Å². The van der Waals surface area contributed by atoms with Crippen LogP contribution in [0.1, 0.15) is 37.3 Å². The molecule has 1 aromatic rings. The molecule has 1 aliphatic rings. The molecule has 0 unspecified atom stereocenters. The Morgan fingerprint density at radius 2 is 1.82 bits per heavy atom. The monoisotopic (exact) mass is 297 g/mol. The molecule has 96 valence electrons. The lowest BCUT2D eigenvalue weighted by Crippen LogP contribution is -2.21. The molecule has 0 spiro atoms. The highest BCUT2D eigenvalue weighted by Gasteiger charge is 2.27. The van der Waals surface area contributed by atoms with E-state index in [1.165, 1.54) is 12.1 Å². The summed E-state index contributed by atoms with van der Waals surface area (Å²) >= 11 is 11.9. The molecule has 2 rings (SSSR count). The Hall–Kier alpha value is -0.0200. The van der Waals surface area contributed by atoms with Crippen LogP contribution in [0.25, 0.3) is 0 Å². The van der Waals surface area contributed by atoms with Crippen LogP contribution in [0.3, 0.4) is 0 Å². The third kappa shape index (κ3) is 3.05. The summed E-state index contributed by atoms with van der Waals surface area (Å²) in [5.74, 6) is -0.0285. The highest BCUT2D eigenvalue weighted by atomic mass is 35.5. The molecular weight excluding hydrogens is 283 g/mol. The number of benzene rings is 1. The molecule has 2 N–H and O–H groups in total. The van der Waals surface area contributed by atoms with Gasteiger partial charge in [-0.3, -0.25) is 0 Å². The second-order valence-corrected chi connectivity index (χ2v) is 5.11. The largest absolute Gasteiger partial charge is 0.324 e. The number of nitrogens with two attached hydrogens (primary N) is 1. The van der Waals surface area contributed by atoms with Gasteiger partial charge in [0.2, 0.25) is 0 Å². The predicted molar refractivity (Wildman–Crippen MR) is 72.6 cm³/mol. The summed E-state index contributed by atoms with van der Waals surface area (Å²) in [7, 11) is 0. The third-order valence-corrected chi connectivity index (χ3v) is 4.14. The Kier molecular flexibility index (Phi) is 5.52. The van der Waals surface area contributed by atoms with Gasteiger partial charge in [-0.25, -0.2) is 4.39 Å². The van der Waals surface area contributed by atoms with E-state index in [9.17, 15) is 4.39 Å². The maximum absolute atomic E-state index is 13.7. The quantitative estimate of drug-likeness (QED) is 0.784. The van der Waals surface area contributed by atoms with Crippen molar-refractivity contribution < 1.29 is 4.39 Å². The summed E-state index contributed by atoms with van der Waals surface area (Å²) < 4.78 is 13.7. The number of hydrogen-bond acceptors (Lipinski definition) is 1. The molecular formula is C12H15Cl3FN. The zero-order valence-electron chi connectivity index (χ0n) is 9.26. The smallest absolute Gasteiger partial charge is 0.129 e. The van der Waals surface area contributed by atoms with E-state index in [0.717, 1.165) is 25.7 Å². The van der Waals surface area contributed by atoms with Gasteiger partial charge in [0.1, 0.15) is 5.82 Å². The second kappa shape index (κ2) is 6.24. The molecule has 0 amide bonds. The second-order valence-electron chi connectivity index (χ2n) is 4.33. The van der Waals surface area contributed by atoms with Crippen molar-refractivity contribution >= 4 is 35.6 Å². The summed E-state index contributed by atoms with van der Waals surface area (Å²) in [4.78, 5) is 0. The van der Waals surface area contributed by atoms with E-state index in [-0.39, 0.29) is 29.3 Å². The van der Waals surface area contributed by atoms with Crippen LogP contribution in [-0.2, 0) is 0 Å². The zero-order valence-corrected chi connectivity index (χ0v) is 11.6. The topological polar surface area (TPSA) is 26.0 Å². The first-order valence-corrected chi connectivity index (χ1v) is 6.26. The Morgan fingerprint density at radius 1 is 1.24 bits per heavy atom. The fourth-order valence-corrected chi connectivity index (χ4v) is 2.84. The lowest BCUT2D eigenvalue weighted by Gasteiger charge is -2.21. The van der Waals surface area contributed by atoms with Gasteiger partial charge in [-0.2, -0.15) is 0 Å². The minimum atomic E-state index is -0.353. The van der Waals surface area contributed by atoms with E-state index < -0.39 is 0 Å². The Balaban J connectivity index is 0.00000144. The molecule has 17 heavy (non-hydrogen) atoms. The Labute approximate surface area is 117 Å². The van der Waals surface area contributed by atoms with E-state index in [1.54, 1.807) is 0 Å². The molecule has 1 atom stereocenters. The lowest BCUT2D eigenvalue weighted by molar-refractivity contribution is 0.429. The molecule has 1 saturated carbocycles. The van der Waals surface area contributed by atoms with Gasteiger partial charge in [0, 0.05) is 11.6 Å². The van der Waals surface area contributed by atoms with Gasteiger partial charge in [0.05, 0.1) is 10.0 Å². The number of hydrogen-bond donors (Lipinski definition) is 1. The van der Waals surface area contributed by atoms with Gasteiger partial charge in [-0.05, 0) is 30.9 Å². The molecule has 0 saturated heterocycles. The van der Waals surface area contributed by atoms with Crippen molar-refractivity contribution in [2.45, 2.75) is 31.7 Å². The van der Waals surface area contributed by atoms with Crippen LogP contribution in [0.2, 0.25) is 10.0 Å². The molecule has 0 heterocycles. The van der Waals surface area contributed by atoms with Crippen LogP contribution in [0.4, 0.5) is 4.39 Å². The summed E-state index contributed by atoms with van der Waals surface area (Å²) in [5.41, 5.74) is 6.46. The molecule has 1 nitrogen and oxygen atoms in total. The van der Waals surface area contributed by atoms with Gasteiger partial charge in [-0.1, -0.05) is 36.0 Å². The molecule has 1 fully saturated rings.